The topological polar surface area (TPSA) is 55.5 Å². The second-order valence-electron chi connectivity index (χ2n) is 2.40. The average Bonchev–Trinajstić information content (AvgIpc) is 1.99. The van der Waals surface area contributed by atoms with Gasteiger partial charge in [-0.3, -0.25) is 0 Å². The van der Waals surface area contributed by atoms with Crippen molar-refractivity contribution in [3.8, 4) is 0 Å². The second kappa shape index (κ2) is 5.71. The molecule has 0 saturated carbocycles. The van der Waals surface area contributed by atoms with Crippen LogP contribution in [-0.2, 0) is 4.74 Å². The summed E-state index contributed by atoms with van der Waals surface area (Å²) in [5.74, 6) is 0. The Bertz CT molecular complexity index is 78.1. The quantitative estimate of drug-likeness (QED) is 0.472. The van der Waals surface area contributed by atoms with E-state index in [1.54, 1.807) is 0 Å². The molecule has 10 heavy (non-hydrogen) atoms. The maximum atomic E-state index is 8.67. The molecule has 0 fully saturated rings. The minimum atomic E-state index is -0.185. The van der Waals surface area contributed by atoms with Gasteiger partial charge in [-0.15, -0.1) is 0 Å². The van der Waals surface area contributed by atoms with Crippen LogP contribution in [0.25, 0.3) is 0 Å². The Balaban J connectivity index is 3.41. The molecule has 0 unspecified atom stereocenters. The van der Waals surface area contributed by atoms with Gasteiger partial charge in [-0.05, 0) is 6.42 Å². The van der Waals surface area contributed by atoms with Gasteiger partial charge in [0.15, 0.2) is 0 Å². The van der Waals surface area contributed by atoms with E-state index >= 15 is 0 Å². The first-order valence-corrected chi connectivity index (χ1v) is 3.71. The predicted molar refractivity (Wildman–Crippen MR) is 43.6 cm³/mol. The lowest BCUT2D eigenvalue weighted by Crippen LogP contribution is -2.31. The average molecular weight is 145 g/mol. The Morgan fingerprint density at radius 3 is 2.60 bits per heavy atom. The van der Waals surface area contributed by atoms with Crippen LogP contribution in [0.4, 0.5) is 0 Å². The molecule has 0 aromatic heterocycles. The summed E-state index contributed by atoms with van der Waals surface area (Å²) in [5.41, 5.74) is 5.30. The largest absolute Gasteiger partial charge is 0.394 e. The minimum Gasteiger partial charge on any atom is -0.394 e. The summed E-state index contributed by atoms with van der Waals surface area (Å²) in [6.07, 6.45) is 0.770. The molecule has 0 rings (SSSR count). The number of ether oxygens (including phenoxy) is 1. The van der Waals surface area contributed by atoms with E-state index in [0.717, 1.165) is 6.42 Å². The SMILES string of the molecule is B[C@@H](CC)O[C@@H](CN)CO. The first-order chi connectivity index (χ1) is 4.74. The summed E-state index contributed by atoms with van der Waals surface area (Å²) < 4.78 is 5.32. The standard InChI is InChI=1S/C6H16BNO2/c1-2-6(7)10-5(3-8)4-9/h5-6,9H,2-4,7-8H2,1H3/t5-,6+/m0/s1. The van der Waals surface area contributed by atoms with Crippen molar-refractivity contribution in [1.82, 2.24) is 0 Å². The van der Waals surface area contributed by atoms with E-state index in [-0.39, 0.29) is 18.7 Å². The molecule has 0 aromatic carbocycles. The lowest BCUT2D eigenvalue weighted by Gasteiger charge is -2.17. The molecule has 0 radical (unpaired) electrons. The van der Waals surface area contributed by atoms with Crippen LogP contribution in [0.5, 0.6) is 0 Å². The molecule has 3 nitrogen and oxygen atoms in total. The summed E-state index contributed by atoms with van der Waals surface area (Å²) in [4.78, 5) is 0. The fraction of sp³-hybridized carbons (Fsp3) is 1.00. The molecule has 0 aliphatic rings. The Hall–Kier alpha value is -0.0551. The molecule has 0 aromatic rings. The normalized spacial score (nSPS) is 16.7. The van der Waals surface area contributed by atoms with Crippen LogP contribution >= 0.6 is 0 Å². The van der Waals surface area contributed by atoms with Crippen molar-refractivity contribution < 1.29 is 9.84 Å². The molecule has 0 bridgehead atoms. The van der Waals surface area contributed by atoms with Gasteiger partial charge >= 0.3 is 0 Å². The van der Waals surface area contributed by atoms with Crippen LogP contribution in [0.15, 0.2) is 0 Å². The first kappa shape index (κ1) is 9.94. The van der Waals surface area contributed by atoms with E-state index in [4.69, 9.17) is 15.6 Å². The van der Waals surface area contributed by atoms with Crippen molar-refractivity contribution in [3.05, 3.63) is 0 Å². The van der Waals surface area contributed by atoms with Gasteiger partial charge in [-0.1, -0.05) is 6.92 Å². The third kappa shape index (κ3) is 3.87. The van der Waals surface area contributed by atoms with E-state index in [1.807, 2.05) is 14.8 Å². The molecule has 0 heterocycles. The maximum Gasteiger partial charge on any atom is 0.139 e. The molecule has 2 atom stereocenters. The van der Waals surface area contributed by atoms with Crippen LogP contribution in [0.3, 0.4) is 0 Å². The molecular weight excluding hydrogens is 129 g/mol. The molecule has 0 aliphatic carbocycles. The van der Waals surface area contributed by atoms with Crippen LogP contribution in [0.2, 0.25) is 0 Å². The molecule has 0 amide bonds. The zero-order chi connectivity index (χ0) is 7.98. The second-order valence-corrected chi connectivity index (χ2v) is 2.40. The number of aliphatic hydroxyl groups excluding tert-OH is 1. The van der Waals surface area contributed by atoms with Crippen LogP contribution in [0.1, 0.15) is 13.3 Å². The van der Waals surface area contributed by atoms with E-state index in [1.165, 1.54) is 0 Å². The lowest BCUT2D eigenvalue weighted by molar-refractivity contribution is -0.000138. The highest BCUT2D eigenvalue weighted by Gasteiger charge is 2.07. The summed E-state index contributed by atoms with van der Waals surface area (Å²) in [7, 11) is 1.97. The first-order valence-electron chi connectivity index (χ1n) is 3.71. The van der Waals surface area contributed by atoms with Crippen molar-refractivity contribution in [2.75, 3.05) is 13.2 Å². The Morgan fingerprint density at radius 2 is 2.30 bits per heavy atom. The van der Waals surface area contributed by atoms with E-state index in [2.05, 4.69) is 0 Å². The number of nitrogens with two attached hydrogens (primary N) is 1. The summed E-state index contributed by atoms with van der Waals surface area (Å²) in [6, 6.07) is 0.195. The highest BCUT2D eigenvalue weighted by molar-refractivity contribution is 6.10. The molecule has 60 valence electrons. The van der Waals surface area contributed by atoms with Gasteiger partial charge in [-0.2, -0.15) is 0 Å². The Morgan fingerprint density at radius 1 is 1.70 bits per heavy atom. The van der Waals surface area contributed by atoms with E-state index < -0.39 is 0 Å². The van der Waals surface area contributed by atoms with Gasteiger partial charge in [0.2, 0.25) is 0 Å². The zero-order valence-electron chi connectivity index (χ0n) is 6.71. The van der Waals surface area contributed by atoms with Crippen molar-refractivity contribution in [3.63, 3.8) is 0 Å². The lowest BCUT2D eigenvalue weighted by atomic mass is 9.97. The van der Waals surface area contributed by atoms with Gasteiger partial charge in [0.25, 0.3) is 0 Å². The molecule has 4 heteroatoms. The fourth-order valence-corrected chi connectivity index (χ4v) is 0.598. The maximum absolute atomic E-state index is 8.67. The van der Waals surface area contributed by atoms with Crippen molar-refractivity contribution in [1.29, 1.82) is 0 Å². The van der Waals surface area contributed by atoms with Gasteiger partial charge < -0.3 is 15.6 Å². The van der Waals surface area contributed by atoms with Crippen molar-refractivity contribution in [2.24, 2.45) is 5.73 Å². The third-order valence-corrected chi connectivity index (χ3v) is 1.47. The smallest absolute Gasteiger partial charge is 0.139 e. The number of rotatable bonds is 5. The van der Waals surface area contributed by atoms with E-state index in [9.17, 15) is 0 Å². The Kier molecular flexibility index (Phi) is 5.68. The van der Waals surface area contributed by atoms with Gasteiger partial charge in [0.1, 0.15) is 7.85 Å². The molecular formula is C6H16BNO2. The molecule has 0 spiro atoms. The summed E-state index contributed by atoms with van der Waals surface area (Å²) >= 11 is 0. The van der Waals surface area contributed by atoms with Gasteiger partial charge in [-0.25, -0.2) is 0 Å². The third-order valence-electron chi connectivity index (χ3n) is 1.47. The Labute approximate surface area is 63.0 Å². The monoisotopic (exact) mass is 145 g/mol. The summed E-state index contributed by atoms with van der Waals surface area (Å²) in [5, 5.41) is 8.67. The molecule has 3 N–H and O–H groups in total. The van der Waals surface area contributed by atoms with Crippen molar-refractivity contribution >= 4 is 7.85 Å². The summed E-state index contributed by atoms with van der Waals surface area (Å²) in [6.45, 7) is 2.44. The van der Waals surface area contributed by atoms with Crippen LogP contribution in [0, 0.1) is 0 Å². The van der Waals surface area contributed by atoms with E-state index in [0.29, 0.717) is 6.54 Å². The molecule has 0 saturated heterocycles. The number of hydrogen-bond donors (Lipinski definition) is 2. The predicted octanol–water partition coefficient (Wildman–Crippen LogP) is -1.31. The van der Waals surface area contributed by atoms with Gasteiger partial charge in [0, 0.05) is 12.5 Å². The highest BCUT2D eigenvalue weighted by atomic mass is 16.5. The highest BCUT2D eigenvalue weighted by Crippen LogP contribution is 1.96. The zero-order valence-corrected chi connectivity index (χ0v) is 6.71. The molecule has 0 aliphatic heterocycles. The number of aliphatic hydroxyl groups is 1. The van der Waals surface area contributed by atoms with Crippen LogP contribution < -0.4 is 5.73 Å². The fourth-order valence-electron chi connectivity index (χ4n) is 0.598. The van der Waals surface area contributed by atoms with Crippen LogP contribution in [-0.4, -0.2) is 38.2 Å². The van der Waals surface area contributed by atoms with Crippen molar-refractivity contribution in [2.45, 2.75) is 25.5 Å². The number of hydrogen-bond acceptors (Lipinski definition) is 3. The minimum absolute atomic E-state index is 0.0147. The van der Waals surface area contributed by atoms with Gasteiger partial charge in [0.05, 0.1) is 12.7 Å².